The van der Waals surface area contributed by atoms with Gasteiger partial charge in [0.05, 0.1) is 0 Å². The van der Waals surface area contributed by atoms with Gasteiger partial charge in [-0.05, 0) is 49.7 Å². The Morgan fingerprint density at radius 3 is 1.92 bits per heavy atom. The fourth-order valence-corrected chi connectivity index (χ4v) is 3.90. The lowest BCUT2D eigenvalue weighted by molar-refractivity contribution is 0.0706. The van der Waals surface area contributed by atoms with E-state index in [4.69, 9.17) is 5.21 Å². The van der Waals surface area contributed by atoms with Crippen molar-refractivity contribution in [2.75, 3.05) is 22.9 Å². The van der Waals surface area contributed by atoms with Gasteiger partial charge >= 0.3 is 0 Å². The Balaban J connectivity index is 1.48. The summed E-state index contributed by atoms with van der Waals surface area (Å²) in [5, 5.41) is 8.69. The number of hydrogen-bond donors (Lipinski definition) is 2. The van der Waals surface area contributed by atoms with Gasteiger partial charge in [-0.25, -0.2) is 5.48 Å². The SMILES string of the molecule is Cc1ccc(N2C[C@H]3C[C@@H]2CN3c2ccc(C(=O)NO)cc2)cc1. The molecule has 1 amide bonds. The summed E-state index contributed by atoms with van der Waals surface area (Å²) in [6, 6.07) is 17.2. The van der Waals surface area contributed by atoms with Crippen LogP contribution in [-0.2, 0) is 0 Å². The number of rotatable bonds is 3. The molecule has 0 saturated carbocycles. The Labute approximate surface area is 141 Å². The summed E-state index contributed by atoms with van der Waals surface area (Å²) >= 11 is 0. The molecule has 2 heterocycles. The van der Waals surface area contributed by atoms with E-state index in [1.54, 1.807) is 17.6 Å². The fraction of sp³-hybridized carbons (Fsp3) is 0.316. The number of amides is 1. The summed E-state index contributed by atoms with van der Waals surface area (Å²) in [7, 11) is 0. The van der Waals surface area contributed by atoms with E-state index >= 15 is 0 Å². The molecule has 2 aromatic carbocycles. The van der Waals surface area contributed by atoms with E-state index in [2.05, 4.69) is 41.0 Å². The van der Waals surface area contributed by atoms with Crippen LogP contribution in [0.4, 0.5) is 11.4 Å². The molecule has 0 spiro atoms. The van der Waals surface area contributed by atoms with Crippen LogP contribution >= 0.6 is 0 Å². The van der Waals surface area contributed by atoms with Gasteiger partial charge in [-0.2, -0.15) is 0 Å². The molecule has 0 unspecified atom stereocenters. The Bertz CT molecular complexity index is 742. The minimum absolute atomic E-state index is 0.465. The molecule has 2 N–H and O–H groups in total. The Morgan fingerprint density at radius 1 is 0.958 bits per heavy atom. The van der Waals surface area contributed by atoms with Crippen molar-refractivity contribution in [3.8, 4) is 0 Å². The van der Waals surface area contributed by atoms with Crippen molar-refractivity contribution in [2.24, 2.45) is 0 Å². The van der Waals surface area contributed by atoms with Crippen molar-refractivity contribution in [3.05, 3.63) is 59.7 Å². The number of aryl methyl sites for hydroxylation is 1. The van der Waals surface area contributed by atoms with Crippen LogP contribution in [0.5, 0.6) is 0 Å². The minimum atomic E-state index is -0.477. The van der Waals surface area contributed by atoms with Gasteiger partial charge in [0.25, 0.3) is 5.91 Å². The van der Waals surface area contributed by atoms with E-state index in [0.717, 1.165) is 18.8 Å². The third-order valence-electron chi connectivity index (χ3n) is 5.17. The number of carbonyl (C=O) groups excluding carboxylic acids is 1. The van der Waals surface area contributed by atoms with Crippen molar-refractivity contribution >= 4 is 17.3 Å². The second kappa shape index (κ2) is 5.83. The lowest BCUT2D eigenvalue weighted by atomic mass is 10.1. The quantitative estimate of drug-likeness (QED) is 0.673. The van der Waals surface area contributed by atoms with Crippen molar-refractivity contribution in [2.45, 2.75) is 25.4 Å². The summed E-state index contributed by atoms with van der Waals surface area (Å²) in [6.07, 6.45) is 1.17. The highest BCUT2D eigenvalue weighted by Crippen LogP contribution is 2.37. The molecule has 2 saturated heterocycles. The summed E-state index contributed by atoms with van der Waals surface area (Å²) in [5.74, 6) is -0.477. The second-order valence-electron chi connectivity index (χ2n) is 6.67. The molecule has 5 nitrogen and oxygen atoms in total. The summed E-state index contributed by atoms with van der Waals surface area (Å²) in [6.45, 7) is 4.15. The Hall–Kier alpha value is -2.53. The zero-order valence-electron chi connectivity index (χ0n) is 13.6. The van der Waals surface area contributed by atoms with Gasteiger partial charge in [0.2, 0.25) is 0 Å². The van der Waals surface area contributed by atoms with Crippen LogP contribution in [0.2, 0.25) is 0 Å². The first-order chi connectivity index (χ1) is 11.7. The van der Waals surface area contributed by atoms with E-state index in [1.807, 2.05) is 12.1 Å². The molecule has 4 rings (SSSR count). The molecule has 2 bridgehead atoms. The first-order valence-corrected chi connectivity index (χ1v) is 8.30. The Kier molecular flexibility index (Phi) is 3.65. The van der Waals surface area contributed by atoms with E-state index in [9.17, 15) is 4.79 Å². The summed E-state index contributed by atoms with van der Waals surface area (Å²) < 4.78 is 0. The normalized spacial score (nSPS) is 22.1. The number of fused-ring (bicyclic) bond motifs is 2. The predicted molar refractivity (Wildman–Crippen MR) is 93.8 cm³/mol. The van der Waals surface area contributed by atoms with E-state index in [-0.39, 0.29) is 0 Å². The number of piperazine rings is 1. The lowest BCUT2D eigenvalue weighted by Gasteiger charge is -2.37. The number of carbonyl (C=O) groups is 1. The van der Waals surface area contributed by atoms with Crippen LogP contribution in [0.15, 0.2) is 48.5 Å². The first-order valence-electron chi connectivity index (χ1n) is 8.30. The van der Waals surface area contributed by atoms with Crippen LogP contribution < -0.4 is 15.3 Å². The van der Waals surface area contributed by atoms with Crippen LogP contribution in [0.25, 0.3) is 0 Å². The Morgan fingerprint density at radius 2 is 1.46 bits per heavy atom. The van der Waals surface area contributed by atoms with Crippen LogP contribution in [-0.4, -0.2) is 36.3 Å². The number of nitrogens with zero attached hydrogens (tertiary/aromatic N) is 2. The fourth-order valence-electron chi connectivity index (χ4n) is 3.90. The highest BCUT2D eigenvalue weighted by Gasteiger charge is 2.43. The van der Waals surface area contributed by atoms with E-state index < -0.39 is 5.91 Å². The molecule has 0 aliphatic carbocycles. The third kappa shape index (κ3) is 2.51. The number of benzene rings is 2. The van der Waals surface area contributed by atoms with Gasteiger partial charge < -0.3 is 9.80 Å². The van der Waals surface area contributed by atoms with Crippen LogP contribution in [0.3, 0.4) is 0 Å². The maximum Gasteiger partial charge on any atom is 0.274 e. The minimum Gasteiger partial charge on any atom is -0.365 e. The largest absolute Gasteiger partial charge is 0.365 e. The zero-order valence-corrected chi connectivity index (χ0v) is 13.6. The zero-order chi connectivity index (χ0) is 16.7. The average Bonchev–Trinajstić information content (AvgIpc) is 3.22. The smallest absolute Gasteiger partial charge is 0.274 e. The number of hydroxylamine groups is 1. The lowest BCUT2D eigenvalue weighted by Crippen LogP contribution is -2.46. The second-order valence-corrected chi connectivity index (χ2v) is 6.67. The van der Waals surface area contributed by atoms with Gasteiger partial charge in [0.1, 0.15) is 0 Å². The van der Waals surface area contributed by atoms with Gasteiger partial charge in [0, 0.05) is 42.1 Å². The molecule has 2 aromatic rings. The maximum absolute atomic E-state index is 11.4. The molecule has 24 heavy (non-hydrogen) atoms. The average molecular weight is 323 g/mol. The number of anilines is 2. The molecule has 2 aliphatic rings. The van der Waals surface area contributed by atoms with E-state index in [0.29, 0.717) is 17.6 Å². The molecule has 5 heteroatoms. The molecule has 2 atom stereocenters. The standard InChI is InChI=1S/C19H21N3O2/c1-13-2-6-15(7-3-13)21-11-18-10-17(21)12-22(18)16-8-4-14(5-9-16)19(23)20-24/h2-9,17-18,24H,10-12H2,1H3,(H,20,23)/t17-,18-/m1/s1. The van der Waals surface area contributed by atoms with Gasteiger partial charge in [0.15, 0.2) is 0 Å². The monoisotopic (exact) mass is 323 g/mol. The first kappa shape index (κ1) is 15.0. The van der Waals surface area contributed by atoms with Gasteiger partial charge in [-0.1, -0.05) is 17.7 Å². The highest BCUT2D eigenvalue weighted by molar-refractivity contribution is 5.93. The topological polar surface area (TPSA) is 55.8 Å². The molecule has 2 aliphatic heterocycles. The molecule has 124 valence electrons. The van der Waals surface area contributed by atoms with Crippen molar-refractivity contribution < 1.29 is 10.0 Å². The molecular formula is C19H21N3O2. The van der Waals surface area contributed by atoms with E-state index in [1.165, 1.54) is 17.7 Å². The van der Waals surface area contributed by atoms with Crippen molar-refractivity contribution in [1.29, 1.82) is 0 Å². The molecule has 0 radical (unpaired) electrons. The molecule has 0 aromatic heterocycles. The summed E-state index contributed by atoms with van der Waals surface area (Å²) in [4.78, 5) is 16.4. The predicted octanol–water partition coefficient (Wildman–Crippen LogP) is 2.58. The van der Waals surface area contributed by atoms with Crippen molar-refractivity contribution in [3.63, 3.8) is 0 Å². The molecule has 2 fully saturated rings. The third-order valence-corrected chi connectivity index (χ3v) is 5.17. The van der Waals surface area contributed by atoms with Gasteiger partial charge in [-0.3, -0.25) is 10.0 Å². The highest BCUT2D eigenvalue weighted by atomic mass is 16.5. The van der Waals surface area contributed by atoms with Crippen LogP contribution in [0, 0.1) is 6.92 Å². The summed E-state index contributed by atoms with van der Waals surface area (Å²) in [5.41, 5.74) is 5.87. The van der Waals surface area contributed by atoms with Gasteiger partial charge in [-0.15, -0.1) is 0 Å². The number of hydrogen-bond acceptors (Lipinski definition) is 4. The number of nitrogens with one attached hydrogen (secondary N) is 1. The maximum atomic E-state index is 11.4. The van der Waals surface area contributed by atoms with Crippen LogP contribution in [0.1, 0.15) is 22.3 Å². The van der Waals surface area contributed by atoms with Crippen molar-refractivity contribution in [1.82, 2.24) is 5.48 Å². The molecular weight excluding hydrogens is 302 g/mol.